The predicted octanol–water partition coefficient (Wildman–Crippen LogP) is 0.806. The number of hydrogen-bond acceptors (Lipinski definition) is 6. The lowest BCUT2D eigenvalue weighted by Gasteiger charge is -2.07. The van der Waals surface area contributed by atoms with Crippen LogP contribution in [0.15, 0.2) is 4.34 Å². The van der Waals surface area contributed by atoms with Crippen molar-refractivity contribution in [2.24, 2.45) is 5.92 Å². The summed E-state index contributed by atoms with van der Waals surface area (Å²) in [7, 11) is -3.66. The van der Waals surface area contributed by atoms with Crippen molar-refractivity contribution in [1.29, 1.82) is 0 Å². The van der Waals surface area contributed by atoms with Gasteiger partial charge in [0.25, 0.3) is 10.0 Å². The standard InChI is InChI=1S/C8H13BrN4O3S2/c1-5(3-9)4-10-18(15,16)8-13-12-7(17-8)11-6(2)14/h5,10H,3-4H2,1-2H3,(H,11,12,14). The minimum Gasteiger partial charge on any atom is -0.301 e. The molecule has 0 radical (unpaired) electrons. The topological polar surface area (TPSA) is 101 Å². The highest BCUT2D eigenvalue weighted by Crippen LogP contribution is 2.19. The monoisotopic (exact) mass is 356 g/mol. The number of aromatic nitrogens is 2. The molecule has 0 fully saturated rings. The van der Waals surface area contributed by atoms with E-state index in [1.165, 1.54) is 6.92 Å². The minimum atomic E-state index is -3.66. The van der Waals surface area contributed by atoms with Gasteiger partial charge in [0, 0.05) is 18.8 Å². The minimum absolute atomic E-state index is 0.159. The number of amides is 1. The maximum atomic E-state index is 11.8. The first-order valence-corrected chi connectivity index (χ1v) is 8.44. The van der Waals surface area contributed by atoms with Crippen molar-refractivity contribution in [1.82, 2.24) is 14.9 Å². The van der Waals surface area contributed by atoms with E-state index in [1.807, 2.05) is 6.92 Å². The molecule has 1 atom stereocenters. The quantitative estimate of drug-likeness (QED) is 0.580. The fourth-order valence-electron chi connectivity index (χ4n) is 0.888. The Bertz CT molecular complexity index is 516. The second kappa shape index (κ2) is 6.55. The SMILES string of the molecule is CC(=O)Nc1nnc(S(=O)(=O)NCC(C)CBr)s1. The van der Waals surface area contributed by atoms with Crippen LogP contribution in [0.25, 0.3) is 0 Å². The molecule has 7 nitrogen and oxygen atoms in total. The molecule has 102 valence electrons. The lowest BCUT2D eigenvalue weighted by molar-refractivity contribution is -0.114. The van der Waals surface area contributed by atoms with Gasteiger partial charge in [0.1, 0.15) is 0 Å². The summed E-state index contributed by atoms with van der Waals surface area (Å²) in [6.45, 7) is 3.52. The summed E-state index contributed by atoms with van der Waals surface area (Å²) >= 11 is 4.07. The number of nitrogens with one attached hydrogen (secondary N) is 2. The van der Waals surface area contributed by atoms with E-state index in [0.29, 0.717) is 11.9 Å². The van der Waals surface area contributed by atoms with Crippen LogP contribution in [0.3, 0.4) is 0 Å². The Labute approximate surface area is 118 Å². The van der Waals surface area contributed by atoms with Gasteiger partial charge in [-0.05, 0) is 5.92 Å². The Hall–Kier alpha value is -0.580. The van der Waals surface area contributed by atoms with Crippen LogP contribution in [0.4, 0.5) is 5.13 Å². The average molecular weight is 357 g/mol. The van der Waals surface area contributed by atoms with E-state index in [2.05, 4.69) is 36.2 Å². The highest BCUT2D eigenvalue weighted by molar-refractivity contribution is 9.09. The third-order valence-electron chi connectivity index (χ3n) is 1.80. The smallest absolute Gasteiger partial charge is 0.269 e. The number of carbonyl (C=O) groups is 1. The average Bonchev–Trinajstić information content (AvgIpc) is 2.74. The number of rotatable bonds is 6. The number of nitrogens with zero attached hydrogens (tertiary/aromatic N) is 2. The van der Waals surface area contributed by atoms with E-state index in [9.17, 15) is 13.2 Å². The van der Waals surface area contributed by atoms with Crippen molar-refractivity contribution in [3.63, 3.8) is 0 Å². The lowest BCUT2D eigenvalue weighted by atomic mass is 10.2. The molecule has 0 bridgehead atoms. The molecule has 18 heavy (non-hydrogen) atoms. The number of halogens is 1. The molecule has 0 saturated heterocycles. The van der Waals surface area contributed by atoms with Gasteiger partial charge >= 0.3 is 0 Å². The van der Waals surface area contributed by atoms with Crippen LogP contribution in [-0.4, -0.2) is 36.4 Å². The van der Waals surface area contributed by atoms with E-state index in [0.717, 1.165) is 11.3 Å². The predicted molar refractivity (Wildman–Crippen MR) is 72.4 cm³/mol. The van der Waals surface area contributed by atoms with Crippen molar-refractivity contribution in [2.45, 2.75) is 18.2 Å². The summed E-state index contributed by atoms with van der Waals surface area (Å²) in [4.78, 5) is 10.8. The molecule has 0 spiro atoms. The van der Waals surface area contributed by atoms with Crippen LogP contribution < -0.4 is 10.0 Å². The molecule has 0 aliphatic rings. The van der Waals surface area contributed by atoms with Gasteiger partial charge in [-0.3, -0.25) is 4.79 Å². The second-order valence-electron chi connectivity index (χ2n) is 3.67. The van der Waals surface area contributed by atoms with Crippen molar-refractivity contribution in [3.05, 3.63) is 0 Å². The largest absolute Gasteiger partial charge is 0.301 e. The van der Waals surface area contributed by atoms with Gasteiger partial charge in [-0.25, -0.2) is 13.1 Å². The summed E-state index contributed by atoms with van der Waals surface area (Å²) in [6, 6.07) is 0. The van der Waals surface area contributed by atoms with Crippen LogP contribution in [-0.2, 0) is 14.8 Å². The molecular formula is C8H13BrN4O3S2. The van der Waals surface area contributed by atoms with Crippen molar-refractivity contribution < 1.29 is 13.2 Å². The lowest BCUT2D eigenvalue weighted by Crippen LogP contribution is -2.28. The number of alkyl halides is 1. The molecule has 2 N–H and O–H groups in total. The first kappa shape index (κ1) is 15.5. The molecular weight excluding hydrogens is 344 g/mol. The molecule has 1 aromatic heterocycles. The molecule has 0 aliphatic heterocycles. The number of sulfonamides is 1. The van der Waals surface area contributed by atoms with Gasteiger partial charge in [-0.1, -0.05) is 34.2 Å². The summed E-state index contributed by atoms with van der Waals surface area (Å²) in [5, 5.41) is 10.4. The third kappa shape index (κ3) is 4.59. The summed E-state index contributed by atoms with van der Waals surface area (Å²) in [5.41, 5.74) is 0. The fourth-order valence-corrected chi connectivity index (χ4v) is 3.27. The van der Waals surface area contributed by atoms with Gasteiger partial charge < -0.3 is 5.32 Å². The Morgan fingerprint density at radius 1 is 1.50 bits per heavy atom. The van der Waals surface area contributed by atoms with E-state index in [4.69, 9.17) is 0 Å². The van der Waals surface area contributed by atoms with Gasteiger partial charge in [-0.15, -0.1) is 10.2 Å². The van der Waals surface area contributed by atoms with Crippen LogP contribution in [0.1, 0.15) is 13.8 Å². The van der Waals surface area contributed by atoms with Crippen LogP contribution in [0.5, 0.6) is 0 Å². The number of hydrogen-bond donors (Lipinski definition) is 2. The van der Waals surface area contributed by atoms with Gasteiger partial charge in [0.2, 0.25) is 15.4 Å². The first-order chi connectivity index (χ1) is 8.35. The second-order valence-corrected chi connectivity index (χ2v) is 7.23. The number of anilines is 1. The van der Waals surface area contributed by atoms with Gasteiger partial charge in [-0.2, -0.15) is 0 Å². The summed E-state index contributed by atoms with van der Waals surface area (Å²) in [6.07, 6.45) is 0. The molecule has 1 amide bonds. The third-order valence-corrected chi connectivity index (χ3v) is 5.54. The fraction of sp³-hybridized carbons (Fsp3) is 0.625. The van der Waals surface area contributed by atoms with Crippen LogP contribution in [0, 0.1) is 5.92 Å². The van der Waals surface area contributed by atoms with Crippen molar-refractivity contribution >= 4 is 48.3 Å². The number of carbonyl (C=O) groups excluding carboxylic acids is 1. The maximum Gasteiger partial charge on any atom is 0.269 e. The Balaban J connectivity index is 2.73. The zero-order chi connectivity index (χ0) is 13.8. The van der Waals surface area contributed by atoms with Gasteiger partial charge in [0.05, 0.1) is 0 Å². The zero-order valence-electron chi connectivity index (χ0n) is 9.81. The maximum absolute atomic E-state index is 11.8. The molecule has 0 saturated carbocycles. The Kier molecular flexibility index (Phi) is 5.63. The van der Waals surface area contributed by atoms with Crippen molar-refractivity contribution in [3.8, 4) is 0 Å². The molecule has 10 heteroatoms. The molecule has 1 heterocycles. The molecule has 1 unspecified atom stereocenters. The molecule has 0 aromatic carbocycles. The molecule has 1 rings (SSSR count). The van der Waals surface area contributed by atoms with Crippen LogP contribution in [0.2, 0.25) is 0 Å². The van der Waals surface area contributed by atoms with E-state index >= 15 is 0 Å². The van der Waals surface area contributed by atoms with E-state index in [-0.39, 0.29) is 21.3 Å². The highest BCUT2D eigenvalue weighted by atomic mass is 79.9. The van der Waals surface area contributed by atoms with Crippen LogP contribution >= 0.6 is 27.3 Å². The highest BCUT2D eigenvalue weighted by Gasteiger charge is 2.20. The summed E-state index contributed by atoms with van der Waals surface area (Å²) in [5.74, 6) is -0.154. The van der Waals surface area contributed by atoms with E-state index < -0.39 is 10.0 Å². The molecule has 0 aliphatic carbocycles. The summed E-state index contributed by atoms with van der Waals surface area (Å²) < 4.78 is 25.9. The zero-order valence-corrected chi connectivity index (χ0v) is 13.0. The molecule has 1 aromatic rings. The Morgan fingerprint density at radius 3 is 2.72 bits per heavy atom. The van der Waals surface area contributed by atoms with Crippen molar-refractivity contribution in [2.75, 3.05) is 17.2 Å². The van der Waals surface area contributed by atoms with Gasteiger partial charge in [0.15, 0.2) is 0 Å². The normalized spacial score (nSPS) is 13.3. The van der Waals surface area contributed by atoms with E-state index in [1.54, 1.807) is 0 Å². The first-order valence-electron chi connectivity index (χ1n) is 5.02. The Morgan fingerprint density at radius 2 is 2.17 bits per heavy atom.